The van der Waals surface area contributed by atoms with Crippen molar-refractivity contribution in [2.45, 2.75) is 6.92 Å². The lowest BCUT2D eigenvalue weighted by Crippen LogP contribution is -2.23. The molecule has 1 fully saturated rings. The van der Waals surface area contributed by atoms with E-state index in [0.29, 0.717) is 31.9 Å². The van der Waals surface area contributed by atoms with Crippen LogP contribution in [0.3, 0.4) is 0 Å². The largest absolute Gasteiger partial charge is 0.290 e. The lowest BCUT2D eigenvalue weighted by Gasteiger charge is -2.07. The topological polar surface area (TPSA) is 75.8 Å². The molecule has 2 aromatic rings. The summed E-state index contributed by atoms with van der Waals surface area (Å²) in [6, 6.07) is 12.0. The zero-order valence-corrected chi connectivity index (χ0v) is 15.5. The third-order valence-electron chi connectivity index (χ3n) is 3.80. The minimum atomic E-state index is -0.433. The number of rotatable bonds is 3. The Hall–Kier alpha value is -2.64. The van der Waals surface area contributed by atoms with Crippen molar-refractivity contribution in [3.8, 4) is 0 Å². The summed E-state index contributed by atoms with van der Waals surface area (Å²) in [5, 5.41) is 12.1. The molecule has 26 heavy (non-hydrogen) atoms. The highest BCUT2D eigenvalue weighted by Gasteiger charge is 2.30. The van der Waals surface area contributed by atoms with Crippen molar-refractivity contribution in [1.29, 1.82) is 0 Å². The number of benzene rings is 2. The summed E-state index contributed by atoms with van der Waals surface area (Å²) in [4.78, 5) is 29.4. The first kappa shape index (κ1) is 18.2. The number of hydrogen-bond donors (Lipinski definition) is 0. The molecule has 0 unspecified atom stereocenters. The second kappa shape index (κ2) is 7.31. The Kier molecular flexibility index (Phi) is 5.11. The second-order valence-corrected chi connectivity index (χ2v) is 7.04. The van der Waals surface area contributed by atoms with Crippen LogP contribution < -0.4 is 0 Å². The molecule has 1 saturated heterocycles. The summed E-state index contributed by atoms with van der Waals surface area (Å²) in [6.07, 6.45) is 1.63. The molecule has 1 aliphatic heterocycles. The van der Waals surface area contributed by atoms with Gasteiger partial charge in [0.2, 0.25) is 0 Å². The molecule has 3 rings (SSSR count). The van der Waals surface area contributed by atoms with E-state index in [1.807, 2.05) is 6.07 Å². The number of thioether (sulfide) groups is 1. The molecular formula is C18H14ClN3O3S. The second-order valence-electron chi connectivity index (χ2n) is 5.62. The van der Waals surface area contributed by atoms with Crippen molar-refractivity contribution in [3.63, 3.8) is 0 Å². The number of aliphatic imine (C=N–C) groups is 1. The van der Waals surface area contributed by atoms with Crippen LogP contribution in [0.15, 0.2) is 52.4 Å². The molecule has 0 bridgehead atoms. The van der Waals surface area contributed by atoms with Gasteiger partial charge in [-0.3, -0.25) is 19.8 Å². The fourth-order valence-corrected chi connectivity index (χ4v) is 3.52. The van der Waals surface area contributed by atoms with Crippen LogP contribution in [0.25, 0.3) is 6.08 Å². The van der Waals surface area contributed by atoms with Crippen molar-refractivity contribution < 1.29 is 9.72 Å². The average Bonchev–Trinajstić information content (AvgIpc) is 2.86. The summed E-state index contributed by atoms with van der Waals surface area (Å²) < 4.78 is 0. The molecule has 0 N–H and O–H groups in total. The number of amides is 1. The SMILES string of the molecule is Cc1ccc(/C=C2/SC(=Nc3ccccc3Cl)N(C)C2=O)cc1[N+](=O)[O-]. The molecule has 0 aromatic heterocycles. The van der Waals surface area contributed by atoms with Gasteiger partial charge >= 0.3 is 0 Å². The van der Waals surface area contributed by atoms with Crippen LogP contribution in [-0.4, -0.2) is 27.9 Å². The highest BCUT2D eigenvalue weighted by molar-refractivity contribution is 8.18. The van der Waals surface area contributed by atoms with Gasteiger partial charge in [-0.2, -0.15) is 0 Å². The van der Waals surface area contributed by atoms with E-state index in [9.17, 15) is 14.9 Å². The van der Waals surface area contributed by atoms with Crippen molar-refractivity contribution >= 4 is 51.9 Å². The number of hydrogen-bond acceptors (Lipinski definition) is 5. The van der Waals surface area contributed by atoms with E-state index in [0.717, 1.165) is 0 Å². The van der Waals surface area contributed by atoms with Crippen LogP contribution in [-0.2, 0) is 4.79 Å². The predicted octanol–water partition coefficient (Wildman–Crippen LogP) is 4.79. The van der Waals surface area contributed by atoms with E-state index in [-0.39, 0.29) is 11.6 Å². The van der Waals surface area contributed by atoms with Gasteiger partial charge in [0.25, 0.3) is 11.6 Å². The van der Waals surface area contributed by atoms with Crippen LogP contribution >= 0.6 is 23.4 Å². The minimum absolute atomic E-state index is 0.0214. The van der Waals surface area contributed by atoms with Gasteiger partial charge in [-0.15, -0.1) is 0 Å². The van der Waals surface area contributed by atoms with Gasteiger partial charge in [0.15, 0.2) is 5.17 Å². The molecule has 0 atom stereocenters. The molecule has 8 heteroatoms. The van der Waals surface area contributed by atoms with Crippen LogP contribution in [0.5, 0.6) is 0 Å². The third-order valence-corrected chi connectivity index (χ3v) is 5.18. The number of carbonyl (C=O) groups is 1. The minimum Gasteiger partial charge on any atom is -0.290 e. The van der Waals surface area contributed by atoms with Gasteiger partial charge in [0.05, 0.1) is 20.5 Å². The Balaban J connectivity index is 1.94. The number of halogens is 1. The zero-order chi connectivity index (χ0) is 18.8. The van der Waals surface area contributed by atoms with E-state index in [2.05, 4.69) is 4.99 Å². The number of aryl methyl sites for hydroxylation is 1. The molecule has 0 spiro atoms. The Bertz CT molecular complexity index is 972. The summed E-state index contributed by atoms with van der Waals surface area (Å²) in [7, 11) is 1.63. The first-order valence-corrected chi connectivity index (χ1v) is 8.82. The van der Waals surface area contributed by atoms with Gasteiger partial charge in [-0.05, 0) is 42.5 Å². The number of nitro groups is 1. The number of carbonyl (C=O) groups excluding carboxylic acids is 1. The fraction of sp³-hybridized carbons (Fsp3) is 0.111. The van der Waals surface area contributed by atoms with Crippen molar-refractivity contribution in [2.24, 2.45) is 4.99 Å². The molecule has 0 radical (unpaired) electrons. The van der Waals surface area contributed by atoms with Crippen LogP contribution in [0.2, 0.25) is 5.02 Å². The molecule has 0 saturated carbocycles. The molecule has 6 nitrogen and oxygen atoms in total. The summed E-state index contributed by atoms with van der Waals surface area (Å²) in [5.41, 5.74) is 1.75. The highest BCUT2D eigenvalue weighted by atomic mass is 35.5. The van der Waals surface area contributed by atoms with Gasteiger partial charge in [-0.25, -0.2) is 4.99 Å². The maximum absolute atomic E-state index is 12.5. The summed E-state index contributed by atoms with van der Waals surface area (Å²) in [5.74, 6) is -0.218. The lowest BCUT2D eigenvalue weighted by molar-refractivity contribution is -0.385. The standard InChI is InChI=1S/C18H14ClN3O3S/c1-11-7-8-12(9-15(11)22(24)25)10-16-17(23)21(2)18(26-16)20-14-6-4-3-5-13(14)19/h3-10H,1-2H3/b16-10+,20-18?. The van der Waals surface area contributed by atoms with Crippen LogP contribution in [0.1, 0.15) is 11.1 Å². The molecule has 132 valence electrons. The maximum Gasteiger partial charge on any atom is 0.272 e. The van der Waals surface area contributed by atoms with E-state index < -0.39 is 4.92 Å². The van der Waals surface area contributed by atoms with Crippen LogP contribution in [0.4, 0.5) is 11.4 Å². The highest BCUT2D eigenvalue weighted by Crippen LogP contribution is 2.35. The summed E-state index contributed by atoms with van der Waals surface area (Å²) >= 11 is 7.32. The third kappa shape index (κ3) is 3.63. The van der Waals surface area contributed by atoms with E-state index >= 15 is 0 Å². The Morgan fingerprint density at radius 3 is 2.69 bits per heavy atom. The number of para-hydroxylation sites is 1. The first-order chi connectivity index (χ1) is 12.4. The molecule has 0 aliphatic carbocycles. The van der Waals surface area contributed by atoms with Crippen molar-refractivity contribution in [1.82, 2.24) is 4.90 Å². The number of amidine groups is 1. The number of nitrogens with zero attached hydrogens (tertiary/aromatic N) is 3. The molecule has 1 aliphatic rings. The average molecular weight is 388 g/mol. The Labute approximate surface area is 159 Å². The van der Waals surface area contributed by atoms with Gasteiger partial charge < -0.3 is 0 Å². The molecular weight excluding hydrogens is 374 g/mol. The first-order valence-electron chi connectivity index (χ1n) is 7.62. The Morgan fingerprint density at radius 1 is 1.27 bits per heavy atom. The van der Waals surface area contributed by atoms with Crippen LogP contribution in [0, 0.1) is 17.0 Å². The quantitative estimate of drug-likeness (QED) is 0.431. The van der Waals surface area contributed by atoms with E-state index in [1.54, 1.807) is 50.4 Å². The van der Waals surface area contributed by atoms with E-state index in [4.69, 9.17) is 11.6 Å². The number of likely N-dealkylation sites (N-methyl/N-ethyl adjacent to an activating group) is 1. The van der Waals surface area contributed by atoms with Gasteiger partial charge in [0.1, 0.15) is 0 Å². The Morgan fingerprint density at radius 2 is 2.00 bits per heavy atom. The van der Waals surface area contributed by atoms with Crippen molar-refractivity contribution in [3.05, 3.63) is 73.6 Å². The summed E-state index contributed by atoms with van der Waals surface area (Å²) in [6.45, 7) is 1.67. The van der Waals surface area contributed by atoms with E-state index in [1.165, 1.54) is 22.7 Å². The zero-order valence-electron chi connectivity index (χ0n) is 14.0. The number of nitro benzene ring substituents is 1. The molecule has 2 aromatic carbocycles. The van der Waals surface area contributed by atoms with Crippen molar-refractivity contribution in [2.75, 3.05) is 7.05 Å². The lowest BCUT2D eigenvalue weighted by atomic mass is 10.1. The maximum atomic E-state index is 12.5. The smallest absolute Gasteiger partial charge is 0.272 e. The normalized spacial score (nSPS) is 17.3. The fourth-order valence-electron chi connectivity index (χ4n) is 2.36. The van der Waals surface area contributed by atoms with Gasteiger partial charge in [-0.1, -0.05) is 35.9 Å². The van der Waals surface area contributed by atoms with Gasteiger partial charge in [0, 0.05) is 18.7 Å². The molecule has 1 heterocycles. The monoisotopic (exact) mass is 387 g/mol. The molecule has 1 amide bonds. The predicted molar refractivity (Wildman–Crippen MR) is 105 cm³/mol.